The maximum atomic E-state index is 11.0. The van der Waals surface area contributed by atoms with E-state index in [1.807, 2.05) is 43.3 Å². The normalized spacial score (nSPS) is 11.0. The van der Waals surface area contributed by atoms with Crippen molar-refractivity contribution in [3.05, 3.63) is 52.0 Å². The average molecular weight is 346 g/mol. The topological polar surface area (TPSA) is 63.3 Å². The van der Waals surface area contributed by atoms with Crippen LogP contribution in [0.15, 0.2) is 45.4 Å². The number of fused-ring (bicyclic) bond motifs is 1. The van der Waals surface area contributed by atoms with Gasteiger partial charge < -0.3 is 9.63 Å². The summed E-state index contributed by atoms with van der Waals surface area (Å²) in [5.41, 5.74) is 3.18. The van der Waals surface area contributed by atoms with Crippen LogP contribution >= 0.6 is 15.9 Å². The SMILES string of the molecule is Cc1cc(CC(=O)O)c2noc(-c3ccc(Br)cc3)c2c1. The van der Waals surface area contributed by atoms with Crippen molar-refractivity contribution in [3.8, 4) is 11.3 Å². The molecule has 0 saturated carbocycles. The van der Waals surface area contributed by atoms with Gasteiger partial charge in [-0.15, -0.1) is 0 Å². The number of carboxylic acids is 1. The van der Waals surface area contributed by atoms with Gasteiger partial charge in [0, 0.05) is 10.0 Å². The van der Waals surface area contributed by atoms with Gasteiger partial charge in [0.15, 0.2) is 5.76 Å². The lowest BCUT2D eigenvalue weighted by Gasteiger charge is -2.02. The summed E-state index contributed by atoms with van der Waals surface area (Å²) in [5, 5.41) is 13.9. The number of benzene rings is 2. The lowest BCUT2D eigenvalue weighted by atomic mass is 10.0. The van der Waals surface area contributed by atoms with Crippen molar-refractivity contribution in [1.82, 2.24) is 5.16 Å². The largest absolute Gasteiger partial charge is 0.481 e. The molecule has 0 aliphatic carbocycles. The number of aromatic nitrogens is 1. The van der Waals surface area contributed by atoms with E-state index >= 15 is 0 Å². The van der Waals surface area contributed by atoms with Crippen LogP contribution in [0.25, 0.3) is 22.2 Å². The van der Waals surface area contributed by atoms with Crippen molar-refractivity contribution in [2.24, 2.45) is 0 Å². The summed E-state index contributed by atoms with van der Waals surface area (Å²) in [6, 6.07) is 11.5. The van der Waals surface area contributed by atoms with Gasteiger partial charge in [0.05, 0.1) is 11.8 Å². The molecule has 1 heterocycles. The van der Waals surface area contributed by atoms with Gasteiger partial charge in [0.1, 0.15) is 5.52 Å². The van der Waals surface area contributed by atoms with Gasteiger partial charge in [-0.1, -0.05) is 27.2 Å². The molecule has 0 bridgehead atoms. The van der Waals surface area contributed by atoms with Crippen molar-refractivity contribution >= 4 is 32.8 Å². The zero-order valence-corrected chi connectivity index (χ0v) is 12.8. The summed E-state index contributed by atoms with van der Waals surface area (Å²) in [5.74, 6) is -0.220. The summed E-state index contributed by atoms with van der Waals surface area (Å²) < 4.78 is 6.44. The Kier molecular flexibility index (Phi) is 3.51. The number of aryl methyl sites for hydroxylation is 1. The van der Waals surface area contributed by atoms with Crippen LogP contribution in [0, 0.1) is 6.92 Å². The van der Waals surface area contributed by atoms with Crippen LogP contribution in [0.5, 0.6) is 0 Å². The molecule has 0 spiro atoms. The van der Waals surface area contributed by atoms with Crippen LogP contribution in [0.3, 0.4) is 0 Å². The van der Waals surface area contributed by atoms with Crippen LogP contribution in [-0.4, -0.2) is 16.2 Å². The molecule has 0 fully saturated rings. The number of rotatable bonds is 3. The van der Waals surface area contributed by atoms with Crippen LogP contribution in [0.1, 0.15) is 11.1 Å². The van der Waals surface area contributed by atoms with Gasteiger partial charge in [-0.05, 0) is 48.4 Å². The minimum atomic E-state index is -0.880. The molecule has 5 heteroatoms. The molecule has 0 aliphatic heterocycles. The van der Waals surface area contributed by atoms with Gasteiger partial charge >= 0.3 is 5.97 Å². The van der Waals surface area contributed by atoms with Crippen LogP contribution in [0.2, 0.25) is 0 Å². The highest BCUT2D eigenvalue weighted by Crippen LogP contribution is 2.32. The average Bonchev–Trinajstić information content (AvgIpc) is 2.83. The summed E-state index contributed by atoms with van der Waals surface area (Å²) in [4.78, 5) is 11.0. The van der Waals surface area contributed by atoms with Crippen molar-refractivity contribution in [2.75, 3.05) is 0 Å². The van der Waals surface area contributed by atoms with E-state index in [1.165, 1.54) is 0 Å². The Morgan fingerprint density at radius 2 is 2.00 bits per heavy atom. The molecule has 1 aromatic heterocycles. The zero-order chi connectivity index (χ0) is 15.0. The fourth-order valence-corrected chi connectivity index (χ4v) is 2.65. The number of hydrogen-bond donors (Lipinski definition) is 1. The third-order valence-corrected chi connectivity index (χ3v) is 3.78. The van der Waals surface area contributed by atoms with E-state index < -0.39 is 5.97 Å². The first-order chi connectivity index (χ1) is 10.0. The second-order valence-corrected chi connectivity index (χ2v) is 5.82. The fraction of sp³-hybridized carbons (Fsp3) is 0.125. The van der Waals surface area contributed by atoms with E-state index in [0.29, 0.717) is 16.8 Å². The predicted octanol–water partition coefficient (Wildman–Crippen LogP) is 4.19. The molecule has 0 unspecified atom stereocenters. The second-order valence-electron chi connectivity index (χ2n) is 4.91. The third kappa shape index (κ3) is 2.69. The quantitative estimate of drug-likeness (QED) is 0.772. The van der Waals surface area contributed by atoms with E-state index in [9.17, 15) is 4.79 Å². The Hall–Kier alpha value is -2.14. The lowest BCUT2D eigenvalue weighted by molar-refractivity contribution is -0.136. The van der Waals surface area contributed by atoms with E-state index in [0.717, 1.165) is 21.0 Å². The first-order valence-electron chi connectivity index (χ1n) is 6.41. The highest BCUT2D eigenvalue weighted by atomic mass is 79.9. The summed E-state index contributed by atoms with van der Waals surface area (Å²) in [7, 11) is 0. The third-order valence-electron chi connectivity index (χ3n) is 3.25. The maximum Gasteiger partial charge on any atom is 0.307 e. The Morgan fingerprint density at radius 1 is 1.29 bits per heavy atom. The fourth-order valence-electron chi connectivity index (χ4n) is 2.38. The summed E-state index contributed by atoms with van der Waals surface area (Å²) in [6.45, 7) is 1.93. The van der Waals surface area contributed by atoms with Crippen LogP contribution in [-0.2, 0) is 11.2 Å². The standard InChI is InChI=1S/C16H12BrNO3/c1-9-6-11(8-14(19)20)15-13(7-9)16(21-18-15)10-2-4-12(17)5-3-10/h2-7H,8H2,1H3,(H,19,20). The predicted molar refractivity (Wildman–Crippen MR) is 83.2 cm³/mol. The molecule has 1 N–H and O–H groups in total. The van der Waals surface area contributed by atoms with Crippen molar-refractivity contribution in [3.63, 3.8) is 0 Å². The molecular formula is C16H12BrNO3. The van der Waals surface area contributed by atoms with Crippen molar-refractivity contribution < 1.29 is 14.4 Å². The number of halogens is 1. The molecule has 0 radical (unpaired) electrons. The summed E-state index contributed by atoms with van der Waals surface area (Å²) >= 11 is 3.40. The maximum absolute atomic E-state index is 11.0. The van der Waals surface area contributed by atoms with Crippen molar-refractivity contribution in [1.29, 1.82) is 0 Å². The Balaban J connectivity index is 2.19. The Morgan fingerprint density at radius 3 is 2.67 bits per heavy atom. The molecule has 3 aromatic rings. The molecule has 0 amide bonds. The smallest absolute Gasteiger partial charge is 0.307 e. The minimum Gasteiger partial charge on any atom is -0.481 e. The van der Waals surface area contributed by atoms with Gasteiger partial charge in [0.25, 0.3) is 0 Å². The number of carboxylic acid groups (broad SMARTS) is 1. The molecule has 106 valence electrons. The molecular weight excluding hydrogens is 334 g/mol. The molecule has 0 aliphatic rings. The van der Waals surface area contributed by atoms with Crippen LogP contribution in [0.4, 0.5) is 0 Å². The molecule has 0 atom stereocenters. The molecule has 0 saturated heterocycles. The first kappa shape index (κ1) is 13.8. The van der Waals surface area contributed by atoms with Crippen molar-refractivity contribution in [2.45, 2.75) is 13.3 Å². The highest BCUT2D eigenvalue weighted by molar-refractivity contribution is 9.10. The summed E-state index contributed by atoms with van der Waals surface area (Å²) in [6.07, 6.45) is -0.0650. The number of carbonyl (C=O) groups is 1. The molecule has 4 nitrogen and oxygen atoms in total. The van der Waals surface area contributed by atoms with Gasteiger partial charge in [-0.25, -0.2) is 0 Å². The van der Waals surface area contributed by atoms with Gasteiger partial charge in [0.2, 0.25) is 0 Å². The minimum absolute atomic E-state index is 0.0650. The second kappa shape index (κ2) is 5.33. The Bertz CT molecular complexity index is 821. The first-order valence-corrected chi connectivity index (χ1v) is 7.20. The van der Waals surface area contributed by atoms with E-state index in [-0.39, 0.29) is 6.42 Å². The monoisotopic (exact) mass is 345 g/mol. The number of hydrogen-bond acceptors (Lipinski definition) is 3. The highest BCUT2D eigenvalue weighted by Gasteiger charge is 2.16. The molecule has 21 heavy (non-hydrogen) atoms. The van der Waals surface area contributed by atoms with E-state index in [2.05, 4.69) is 21.1 Å². The van der Waals surface area contributed by atoms with Gasteiger partial charge in [-0.3, -0.25) is 4.79 Å². The van der Waals surface area contributed by atoms with E-state index in [4.69, 9.17) is 9.63 Å². The number of aliphatic carboxylic acids is 1. The molecule has 3 rings (SSSR count). The molecule has 2 aromatic carbocycles. The lowest BCUT2D eigenvalue weighted by Crippen LogP contribution is -2.01. The van der Waals surface area contributed by atoms with Crippen LogP contribution < -0.4 is 0 Å². The van der Waals surface area contributed by atoms with Gasteiger partial charge in [-0.2, -0.15) is 0 Å². The number of nitrogens with zero attached hydrogens (tertiary/aromatic N) is 1. The Labute approximate surface area is 129 Å². The van der Waals surface area contributed by atoms with E-state index in [1.54, 1.807) is 0 Å². The zero-order valence-electron chi connectivity index (χ0n) is 11.3.